The number of rotatable bonds is 2. The summed E-state index contributed by atoms with van der Waals surface area (Å²) >= 11 is 0. The summed E-state index contributed by atoms with van der Waals surface area (Å²) in [6.07, 6.45) is 0. The highest BCUT2D eigenvalue weighted by Crippen LogP contribution is 2.25. The molecule has 0 saturated heterocycles. The van der Waals surface area contributed by atoms with Gasteiger partial charge in [-0.05, 0) is 26.3 Å². The van der Waals surface area contributed by atoms with Crippen molar-refractivity contribution in [3.63, 3.8) is 0 Å². The average Bonchev–Trinajstić information content (AvgIpc) is 2.17. The molecule has 1 rings (SSSR count). The highest BCUT2D eigenvalue weighted by molar-refractivity contribution is 5.73. The molecule has 0 bridgehead atoms. The maximum atomic E-state index is 11.2. The third-order valence-electron chi connectivity index (χ3n) is 2.70. The zero-order chi connectivity index (χ0) is 11.6. The lowest BCUT2D eigenvalue weighted by Crippen LogP contribution is -2.49. The molecule has 0 radical (unpaired) electrons. The van der Waals surface area contributed by atoms with Gasteiger partial charge >= 0.3 is 0 Å². The van der Waals surface area contributed by atoms with E-state index in [1.54, 1.807) is 0 Å². The highest BCUT2D eigenvalue weighted by Gasteiger charge is 2.28. The van der Waals surface area contributed by atoms with Crippen molar-refractivity contribution in [2.24, 2.45) is 5.84 Å². The number of hydrogen-bond donors (Lipinski definition) is 1. The fourth-order valence-corrected chi connectivity index (χ4v) is 1.49. The van der Waals surface area contributed by atoms with Gasteiger partial charge < -0.3 is 0 Å². The van der Waals surface area contributed by atoms with Gasteiger partial charge in [-0.25, -0.2) is 5.84 Å². The first-order valence-electron chi connectivity index (χ1n) is 4.98. The molecule has 0 unspecified atom stereocenters. The van der Waals surface area contributed by atoms with E-state index in [9.17, 15) is 4.79 Å². The Kier molecular flexibility index (Phi) is 3.15. The van der Waals surface area contributed by atoms with E-state index < -0.39 is 5.54 Å². The van der Waals surface area contributed by atoms with Gasteiger partial charge in [-0.1, -0.05) is 29.8 Å². The number of hydrogen-bond acceptors (Lipinski definition) is 2. The summed E-state index contributed by atoms with van der Waals surface area (Å²) < 4.78 is 0. The summed E-state index contributed by atoms with van der Waals surface area (Å²) in [6, 6.07) is 8.03. The molecule has 1 amide bonds. The maximum absolute atomic E-state index is 11.2. The minimum Gasteiger partial charge on any atom is -0.274 e. The summed E-state index contributed by atoms with van der Waals surface area (Å²) in [4.78, 5) is 11.2. The van der Waals surface area contributed by atoms with E-state index in [4.69, 9.17) is 5.84 Å². The lowest BCUT2D eigenvalue weighted by molar-refractivity contribution is -0.134. The Morgan fingerprint density at radius 1 is 1.27 bits per heavy atom. The lowest BCUT2D eigenvalue weighted by Gasteiger charge is -2.34. The standard InChI is InChI=1S/C12H18N2O/c1-9-5-7-11(8-6-9)12(3,4)14(13)10(2)15/h5-8H,13H2,1-4H3. The summed E-state index contributed by atoms with van der Waals surface area (Å²) in [7, 11) is 0. The second-order valence-electron chi connectivity index (χ2n) is 4.31. The number of amides is 1. The Bertz CT molecular complexity index is 354. The number of nitrogens with zero attached hydrogens (tertiary/aromatic N) is 1. The van der Waals surface area contributed by atoms with Gasteiger partial charge in [0, 0.05) is 6.92 Å². The van der Waals surface area contributed by atoms with Gasteiger partial charge in [-0.2, -0.15) is 0 Å². The summed E-state index contributed by atoms with van der Waals surface area (Å²) in [5.41, 5.74) is 1.76. The van der Waals surface area contributed by atoms with Gasteiger partial charge in [0.2, 0.25) is 5.91 Å². The first-order chi connectivity index (χ1) is 6.85. The van der Waals surface area contributed by atoms with Crippen LogP contribution in [-0.4, -0.2) is 10.9 Å². The van der Waals surface area contributed by atoms with Crippen molar-refractivity contribution in [3.8, 4) is 0 Å². The van der Waals surface area contributed by atoms with Crippen LogP contribution in [0.3, 0.4) is 0 Å². The molecule has 1 aromatic rings. The molecule has 3 nitrogen and oxygen atoms in total. The van der Waals surface area contributed by atoms with Crippen LogP contribution in [0.25, 0.3) is 0 Å². The first kappa shape index (κ1) is 11.7. The fraction of sp³-hybridized carbons (Fsp3) is 0.417. The first-order valence-corrected chi connectivity index (χ1v) is 4.98. The SMILES string of the molecule is CC(=O)N(N)C(C)(C)c1ccc(C)cc1. The monoisotopic (exact) mass is 206 g/mol. The van der Waals surface area contributed by atoms with Crippen LogP contribution in [0.1, 0.15) is 31.9 Å². The smallest absolute Gasteiger partial charge is 0.234 e. The predicted molar refractivity (Wildman–Crippen MR) is 60.9 cm³/mol. The van der Waals surface area contributed by atoms with Crippen molar-refractivity contribution < 1.29 is 4.79 Å². The van der Waals surface area contributed by atoms with Crippen molar-refractivity contribution in [1.82, 2.24) is 5.01 Å². The van der Waals surface area contributed by atoms with Crippen molar-refractivity contribution in [1.29, 1.82) is 0 Å². The van der Waals surface area contributed by atoms with Gasteiger partial charge in [-0.3, -0.25) is 9.80 Å². The van der Waals surface area contributed by atoms with Crippen LogP contribution in [0.4, 0.5) is 0 Å². The Balaban J connectivity index is 3.05. The minimum atomic E-state index is -0.473. The zero-order valence-corrected chi connectivity index (χ0v) is 9.74. The topological polar surface area (TPSA) is 46.3 Å². The zero-order valence-electron chi connectivity index (χ0n) is 9.74. The molecule has 0 saturated carbocycles. The van der Waals surface area contributed by atoms with E-state index in [2.05, 4.69) is 0 Å². The van der Waals surface area contributed by atoms with E-state index in [-0.39, 0.29) is 5.91 Å². The number of hydrazine groups is 1. The molecule has 1 aromatic carbocycles. The molecule has 82 valence electrons. The van der Waals surface area contributed by atoms with Crippen molar-refractivity contribution in [2.75, 3.05) is 0 Å². The summed E-state index contributed by atoms with van der Waals surface area (Å²) in [6.45, 7) is 7.36. The minimum absolute atomic E-state index is 0.138. The Morgan fingerprint density at radius 2 is 1.73 bits per heavy atom. The summed E-state index contributed by atoms with van der Waals surface area (Å²) in [5, 5.41) is 1.26. The molecule has 2 N–H and O–H groups in total. The van der Waals surface area contributed by atoms with Gasteiger partial charge in [0.1, 0.15) is 0 Å². The number of benzene rings is 1. The van der Waals surface area contributed by atoms with Crippen LogP contribution in [0.5, 0.6) is 0 Å². The van der Waals surface area contributed by atoms with Gasteiger partial charge in [0.05, 0.1) is 5.54 Å². The molecule has 0 aromatic heterocycles. The van der Waals surface area contributed by atoms with Crippen LogP contribution in [0.2, 0.25) is 0 Å². The summed E-state index contributed by atoms with van der Waals surface area (Å²) in [5.74, 6) is 5.61. The molecular formula is C12H18N2O. The van der Waals surface area contributed by atoms with E-state index in [0.29, 0.717) is 0 Å². The molecule has 0 spiro atoms. The predicted octanol–water partition coefficient (Wildman–Crippen LogP) is 1.95. The van der Waals surface area contributed by atoms with Crippen LogP contribution in [0, 0.1) is 6.92 Å². The Hall–Kier alpha value is -1.35. The van der Waals surface area contributed by atoms with Crippen molar-refractivity contribution >= 4 is 5.91 Å². The maximum Gasteiger partial charge on any atom is 0.234 e. The molecule has 0 aliphatic heterocycles. The fourth-order valence-electron chi connectivity index (χ4n) is 1.49. The van der Waals surface area contributed by atoms with E-state index in [0.717, 1.165) is 5.56 Å². The number of carbonyl (C=O) groups is 1. The quantitative estimate of drug-likeness (QED) is 0.456. The van der Waals surface area contributed by atoms with Gasteiger partial charge in [0.25, 0.3) is 0 Å². The normalized spacial score (nSPS) is 11.3. The van der Waals surface area contributed by atoms with Crippen LogP contribution in [-0.2, 0) is 10.3 Å². The third-order valence-corrected chi connectivity index (χ3v) is 2.70. The average molecular weight is 206 g/mol. The van der Waals surface area contributed by atoms with Gasteiger partial charge in [0.15, 0.2) is 0 Å². The lowest BCUT2D eigenvalue weighted by atomic mass is 9.93. The molecule has 0 aliphatic rings. The van der Waals surface area contributed by atoms with Crippen molar-refractivity contribution in [2.45, 2.75) is 33.2 Å². The molecule has 0 aliphatic carbocycles. The Morgan fingerprint density at radius 3 is 2.13 bits per heavy atom. The van der Waals surface area contributed by atoms with E-state index in [1.807, 2.05) is 45.0 Å². The van der Waals surface area contributed by atoms with E-state index in [1.165, 1.54) is 17.5 Å². The largest absolute Gasteiger partial charge is 0.274 e. The van der Waals surface area contributed by atoms with Crippen LogP contribution < -0.4 is 5.84 Å². The molecule has 3 heteroatoms. The number of aryl methyl sites for hydroxylation is 1. The molecule has 0 atom stereocenters. The van der Waals surface area contributed by atoms with E-state index >= 15 is 0 Å². The third kappa shape index (κ3) is 2.36. The van der Waals surface area contributed by atoms with Crippen molar-refractivity contribution in [3.05, 3.63) is 35.4 Å². The van der Waals surface area contributed by atoms with Crippen LogP contribution in [0.15, 0.2) is 24.3 Å². The Labute approximate surface area is 90.9 Å². The molecular weight excluding hydrogens is 188 g/mol. The second-order valence-corrected chi connectivity index (χ2v) is 4.31. The molecule has 0 heterocycles. The van der Waals surface area contributed by atoms with Crippen LogP contribution >= 0.6 is 0 Å². The second kappa shape index (κ2) is 4.03. The number of carbonyl (C=O) groups excluding carboxylic acids is 1. The highest BCUT2D eigenvalue weighted by atomic mass is 16.2. The van der Waals surface area contributed by atoms with Gasteiger partial charge in [-0.15, -0.1) is 0 Å². The molecule has 15 heavy (non-hydrogen) atoms. The molecule has 0 fully saturated rings. The number of nitrogens with two attached hydrogens (primary N) is 1.